The van der Waals surface area contributed by atoms with Gasteiger partial charge in [-0.3, -0.25) is 0 Å². The molecule has 0 aromatic carbocycles. The second-order valence-electron chi connectivity index (χ2n) is 1.58. The van der Waals surface area contributed by atoms with Gasteiger partial charge in [0.05, 0.1) is 0 Å². The van der Waals surface area contributed by atoms with E-state index >= 15 is 0 Å². The Hall–Kier alpha value is -0.0351. The van der Waals surface area contributed by atoms with Crippen molar-refractivity contribution in [2.75, 3.05) is 0 Å². The van der Waals surface area contributed by atoms with E-state index in [0.29, 0.717) is 0 Å². The first-order valence-corrected chi connectivity index (χ1v) is 2.78. The van der Waals surface area contributed by atoms with Crippen LogP contribution in [0, 0.1) is 0 Å². The molecule has 0 aromatic heterocycles. The summed E-state index contributed by atoms with van der Waals surface area (Å²) in [6, 6.07) is 0. The Morgan fingerprint density at radius 2 is 2.57 bits per heavy atom. The Kier molecular flexibility index (Phi) is 1.69. The molecule has 0 radical (unpaired) electrons. The van der Waals surface area contributed by atoms with Crippen molar-refractivity contribution in [2.45, 2.75) is 12.8 Å². The molecule has 36 valence electrons. The van der Waals surface area contributed by atoms with E-state index in [9.17, 15) is 0 Å². The van der Waals surface area contributed by atoms with Gasteiger partial charge < -0.3 is 0 Å². The zero-order valence-electron chi connectivity index (χ0n) is 4.02. The minimum absolute atomic E-state index is 0.975. The Morgan fingerprint density at radius 1 is 1.71 bits per heavy atom. The number of hydrogen-bond acceptors (Lipinski definition) is 0. The van der Waals surface area contributed by atoms with E-state index in [4.69, 9.17) is 11.6 Å². The molecule has 0 N–H and O–H groups in total. The maximum absolute atomic E-state index is 5.63. The van der Waals surface area contributed by atoms with Crippen LogP contribution in [0.15, 0.2) is 12.1 Å². The molecule has 7 heavy (non-hydrogen) atoms. The summed E-state index contributed by atoms with van der Waals surface area (Å²) < 4.78 is 0. The van der Waals surface area contributed by atoms with Crippen LogP contribution >= 0.6 is 11.6 Å². The van der Waals surface area contributed by atoms with Crippen LogP contribution in [0.25, 0.3) is 0 Å². The molecule has 0 nitrogen and oxygen atoms in total. The molecule has 0 aliphatic carbocycles. The normalized spacial score (nSPS) is 18.1. The van der Waals surface area contributed by atoms with Gasteiger partial charge in [0, 0.05) is 0 Å². The molecule has 1 aliphatic heterocycles. The summed E-state index contributed by atoms with van der Waals surface area (Å²) in [5.41, 5.74) is 0. The van der Waals surface area contributed by atoms with Crippen molar-refractivity contribution < 1.29 is 0 Å². The van der Waals surface area contributed by atoms with Gasteiger partial charge in [-0.15, -0.1) is 0 Å². The summed E-state index contributed by atoms with van der Waals surface area (Å²) in [7, 11) is 0. The standard InChI is InChI=1S/C5H6BCl/c7-5-3-1-2-4-6-5/h2,4H,1,3H2. The van der Waals surface area contributed by atoms with Crippen LogP contribution in [-0.2, 0) is 0 Å². The van der Waals surface area contributed by atoms with E-state index in [1.54, 1.807) is 0 Å². The fourth-order valence-electron chi connectivity index (χ4n) is 0.573. The summed E-state index contributed by atoms with van der Waals surface area (Å²) in [5.74, 6) is 1.99. The number of allylic oxidation sites excluding steroid dienone is 1. The van der Waals surface area contributed by atoms with Crippen LogP contribution in [0.2, 0.25) is 0 Å². The van der Waals surface area contributed by atoms with Crippen LogP contribution in [-0.4, -0.2) is 11.8 Å². The summed E-state index contributed by atoms with van der Waals surface area (Å²) in [6.07, 6.45) is 4.25. The fraction of sp³-hybridized carbons (Fsp3) is 0.400. The number of hydrogen-bond donors (Lipinski definition) is 0. The van der Waals surface area contributed by atoms with Crippen LogP contribution in [0.1, 0.15) is 12.8 Å². The van der Waals surface area contributed by atoms with Crippen molar-refractivity contribution in [3.8, 4) is 0 Å². The van der Waals surface area contributed by atoms with E-state index in [-0.39, 0.29) is 0 Å². The molecule has 2 heteroatoms. The predicted molar refractivity (Wildman–Crippen MR) is 35.0 cm³/mol. The molecule has 1 aliphatic rings. The average Bonchev–Trinajstić information content (AvgIpc) is 1.69. The fourth-order valence-corrected chi connectivity index (χ4v) is 0.755. The number of rotatable bonds is 0. The molecule has 0 saturated carbocycles. The molecule has 0 spiro atoms. The predicted octanol–water partition coefficient (Wildman–Crippen LogP) is 1.37. The maximum atomic E-state index is 5.63. The third-order valence-electron chi connectivity index (χ3n) is 0.963. The summed E-state index contributed by atoms with van der Waals surface area (Å²) in [6.45, 7) is 1.94. The van der Waals surface area contributed by atoms with Gasteiger partial charge in [-0.1, -0.05) is 0 Å². The van der Waals surface area contributed by atoms with E-state index in [1.165, 1.54) is 0 Å². The first-order chi connectivity index (χ1) is 3.39. The van der Waals surface area contributed by atoms with E-state index in [2.05, 4.69) is 6.08 Å². The quantitative estimate of drug-likeness (QED) is 0.415. The molecule has 0 unspecified atom stereocenters. The molecule has 0 fully saturated rings. The van der Waals surface area contributed by atoms with Gasteiger partial charge in [0.25, 0.3) is 0 Å². The van der Waals surface area contributed by atoms with Crippen molar-refractivity contribution in [1.29, 1.82) is 0 Å². The number of halogens is 1. The van der Waals surface area contributed by atoms with Gasteiger partial charge in [-0.2, -0.15) is 0 Å². The monoisotopic (exact) mass is 112 g/mol. The summed E-state index contributed by atoms with van der Waals surface area (Å²) in [4.78, 5) is 0.975. The third-order valence-corrected chi connectivity index (χ3v) is 1.28. The van der Waals surface area contributed by atoms with Crippen molar-refractivity contribution >= 4 is 23.4 Å². The zero-order valence-corrected chi connectivity index (χ0v) is 4.78. The Morgan fingerprint density at radius 3 is 2.86 bits per heavy atom. The van der Waals surface area contributed by atoms with Gasteiger partial charge in [-0.05, 0) is 0 Å². The van der Waals surface area contributed by atoms with Gasteiger partial charge >= 0.3 is 48.3 Å². The van der Waals surface area contributed by atoms with Gasteiger partial charge in [-0.25, -0.2) is 0 Å². The SMILES string of the molecule is ClC1=BC=CCC1. The zero-order chi connectivity index (χ0) is 5.11. The Labute approximate surface area is 49.1 Å². The third kappa shape index (κ3) is 1.48. The molecule has 0 atom stereocenters. The molecular formula is C5H6BCl. The second-order valence-corrected chi connectivity index (χ2v) is 2.07. The first-order valence-electron chi connectivity index (χ1n) is 2.41. The van der Waals surface area contributed by atoms with Crippen LogP contribution in [0.4, 0.5) is 0 Å². The molecule has 1 heterocycles. The minimum atomic E-state index is 0.975. The van der Waals surface area contributed by atoms with Crippen molar-refractivity contribution in [3.63, 3.8) is 0 Å². The van der Waals surface area contributed by atoms with Crippen molar-refractivity contribution in [1.82, 2.24) is 0 Å². The van der Waals surface area contributed by atoms with Crippen LogP contribution < -0.4 is 0 Å². The van der Waals surface area contributed by atoms with Crippen LogP contribution in [0.5, 0.6) is 0 Å². The average molecular weight is 112 g/mol. The van der Waals surface area contributed by atoms with Gasteiger partial charge in [0.1, 0.15) is 0 Å². The first kappa shape index (κ1) is 5.11. The molecule has 0 saturated heterocycles. The summed E-state index contributed by atoms with van der Waals surface area (Å²) >= 11 is 5.63. The van der Waals surface area contributed by atoms with Crippen molar-refractivity contribution in [2.24, 2.45) is 0 Å². The van der Waals surface area contributed by atoms with Crippen LogP contribution in [0.3, 0.4) is 0 Å². The van der Waals surface area contributed by atoms with Gasteiger partial charge in [0.2, 0.25) is 0 Å². The molecular weight excluding hydrogens is 106 g/mol. The molecule has 0 bridgehead atoms. The molecule has 0 aromatic rings. The van der Waals surface area contributed by atoms with Crippen molar-refractivity contribution in [3.05, 3.63) is 12.1 Å². The van der Waals surface area contributed by atoms with E-state index < -0.39 is 0 Å². The van der Waals surface area contributed by atoms with Gasteiger partial charge in [0.15, 0.2) is 0 Å². The second kappa shape index (κ2) is 2.32. The Bertz CT molecular complexity index is 115. The topological polar surface area (TPSA) is 0 Å². The molecule has 0 amide bonds. The van der Waals surface area contributed by atoms with E-state index in [1.807, 2.05) is 12.9 Å². The molecule has 1 rings (SSSR count). The Balaban J connectivity index is 2.57. The van der Waals surface area contributed by atoms with E-state index in [0.717, 1.165) is 17.8 Å². The summed E-state index contributed by atoms with van der Waals surface area (Å²) in [5, 5.41) is 0.